The molecule has 2 aromatic carbocycles. The number of amides is 1. The second-order valence-corrected chi connectivity index (χ2v) is 6.58. The molecule has 0 aliphatic rings. The summed E-state index contributed by atoms with van der Waals surface area (Å²) in [5, 5.41) is 2.72. The average Bonchev–Trinajstić information content (AvgIpc) is 2.62. The summed E-state index contributed by atoms with van der Waals surface area (Å²) in [7, 11) is 0. The van der Waals surface area contributed by atoms with E-state index in [4.69, 9.17) is 5.73 Å². The van der Waals surface area contributed by atoms with Gasteiger partial charge in [-0.3, -0.25) is 4.79 Å². The van der Waals surface area contributed by atoms with E-state index in [-0.39, 0.29) is 5.91 Å². The van der Waals surface area contributed by atoms with Crippen molar-refractivity contribution in [2.75, 3.05) is 5.75 Å². The minimum Gasteiger partial charge on any atom is -0.344 e. The number of carbonyl (C=O) groups is 2. The van der Waals surface area contributed by atoms with E-state index in [1.165, 1.54) is 5.56 Å². The van der Waals surface area contributed by atoms with Gasteiger partial charge in [-0.25, -0.2) is 0 Å². The van der Waals surface area contributed by atoms with Crippen LogP contribution in [0.2, 0.25) is 0 Å². The van der Waals surface area contributed by atoms with Gasteiger partial charge in [-0.2, -0.15) is 11.8 Å². The van der Waals surface area contributed by atoms with E-state index in [2.05, 4.69) is 5.32 Å². The van der Waals surface area contributed by atoms with E-state index in [0.717, 1.165) is 17.6 Å². The summed E-state index contributed by atoms with van der Waals surface area (Å²) in [6, 6.07) is 18.4. The molecule has 2 unspecified atom stereocenters. The van der Waals surface area contributed by atoms with Crippen molar-refractivity contribution < 1.29 is 9.59 Å². The normalized spacial score (nSPS) is 13.0. The molecule has 2 aromatic rings. The van der Waals surface area contributed by atoms with E-state index in [9.17, 15) is 9.59 Å². The van der Waals surface area contributed by atoms with Gasteiger partial charge in [-0.1, -0.05) is 60.7 Å². The van der Waals surface area contributed by atoms with Gasteiger partial charge in [0.1, 0.15) is 6.29 Å². The fourth-order valence-corrected chi connectivity index (χ4v) is 3.21. The number of hydrogen-bond acceptors (Lipinski definition) is 4. The van der Waals surface area contributed by atoms with Crippen molar-refractivity contribution in [1.29, 1.82) is 0 Å². The Bertz CT molecular complexity index is 634. The molecule has 0 aliphatic heterocycles. The second-order valence-electron chi connectivity index (χ2n) is 5.55. The average molecular weight is 342 g/mol. The first-order valence-corrected chi connectivity index (χ1v) is 9.01. The Morgan fingerprint density at radius 2 is 1.62 bits per heavy atom. The Morgan fingerprint density at radius 1 is 1.04 bits per heavy atom. The predicted octanol–water partition coefficient (Wildman–Crippen LogP) is 2.17. The molecule has 2 rings (SSSR count). The molecule has 1 amide bonds. The molecule has 0 aromatic heterocycles. The van der Waals surface area contributed by atoms with Crippen molar-refractivity contribution >= 4 is 24.0 Å². The first kappa shape index (κ1) is 18.2. The smallest absolute Gasteiger partial charge is 0.237 e. The lowest BCUT2D eigenvalue weighted by Gasteiger charge is -2.16. The number of rotatable bonds is 9. The summed E-state index contributed by atoms with van der Waals surface area (Å²) >= 11 is 1.61. The summed E-state index contributed by atoms with van der Waals surface area (Å²) in [6.07, 6.45) is 1.22. The number of carbonyl (C=O) groups excluding carboxylic acids is 2. The van der Waals surface area contributed by atoms with Gasteiger partial charge in [0.15, 0.2) is 0 Å². The molecule has 0 saturated heterocycles. The molecule has 24 heavy (non-hydrogen) atoms. The van der Waals surface area contributed by atoms with Gasteiger partial charge in [0.2, 0.25) is 5.91 Å². The van der Waals surface area contributed by atoms with Gasteiger partial charge < -0.3 is 15.8 Å². The third-order valence-electron chi connectivity index (χ3n) is 3.54. The molecule has 0 radical (unpaired) electrons. The molecular formula is C19H22N2O2S. The van der Waals surface area contributed by atoms with Gasteiger partial charge in [-0.15, -0.1) is 0 Å². The molecule has 0 bridgehead atoms. The maximum atomic E-state index is 12.1. The summed E-state index contributed by atoms with van der Waals surface area (Å²) in [5.41, 5.74) is 8.13. The maximum absolute atomic E-state index is 12.1. The monoisotopic (exact) mass is 342 g/mol. The van der Waals surface area contributed by atoms with E-state index in [1.807, 2.05) is 60.7 Å². The summed E-state index contributed by atoms with van der Waals surface area (Å²) in [6.45, 7) is 0. The molecule has 0 aliphatic carbocycles. The van der Waals surface area contributed by atoms with Crippen molar-refractivity contribution in [3.8, 4) is 0 Å². The van der Waals surface area contributed by atoms with E-state index < -0.39 is 12.1 Å². The van der Waals surface area contributed by atoms with Crippen molar-refractivity contribution in [1.82, 2.24) is 5.32 Å². The lowest BCUT2D eigenvalue weighted by atomic mass is 10.1. The number of nitrogens with one attached hydrogen (secondary N) is 1. The first-order valence-electron chi connectivity index (χ1n) is 7.86. The van der Waals surface area contributed by atoms with Gasteiger partial charge in [0.25, 0.3) is 0 Å². The summed E-state index contributed by atoms with van der Waals surface area (Å²) in [4.78, 5) is 23.3. The van der Waals surface area contributed by atoms with E-state index in [1.54, 1.807) is 11.8 Å². The number of thioether (sulfide) groups is 1. The predicted molar refractivity (Wildman–Crippen MR) is 98.7 cm³/mol. The highest BCUT2D eigenvalue weighted by molar-refractivity contribution is 7.98. The van der Waals surface area contributed by atoms with Crippen LogP contribution in [-0.2, 0) is 21.8 Å². The van der Waals surface area contributed by atoms with Gasteiger partial charge in [0, 0.05) is 11.5 Å². The Morgan fingerprint density at radius 3 is 2.21 bits per heavy atom. The molecule has 0 saturated carbocycles. The van der Waals surface area contributed by atoms with Crippen molar-refractivity contribution in [2.45, 2.75) is 24.3 Å². The van der Waals surface area contributed by atoms with Crippen LogP contribution in [0.3, 0.4) is 0 Å². The molecule has 3 N–H and O–H groups in total. The van der Waals surface area contributed by atoms with Crippen molar-refractivity contribution in [2.24, 2.45) is 5.73 Å². The van der Waals surface area contributed by atoms with Gasteiger partial charge in [0.05, 0.1) is 12.1 Å². The summed E-state index contributed by atoms with van der Waals surface area (Å²) in [5.74, 6) is 1.04. The second kappa shape index (κ2) is 9.90. The minimum atomic E-state index is -0.658. The lowest BCUT2D eigenvalue weighted by molar-refractivity contribution is -0.124. The van der Waals surface area contributed by atoms with Crippen LogP contribution in [0.15, 0.2) is 60.7 Å². The zero-order chi connectivity index (χ0) is 17.2. The molecular weight excluding hydrogens is 320 g/mol. The molecule has 0 spiro atoms. The zero-order valence-electron chi connectivity index (χ0n) is 13.4. The molecule has 126 valence electrons. The molecule has 4 nitrogen and oxygen atoms in total. The Balaban J connectivity index is 1.76. The minimum absolute atomic E-state index is 0.295. The third-order valence-corrected chi connectivity index (χ3v) is 4.67. The summed E-state index contributed by atoms with van der Waals surface area (Å²) < 4.78 is 0. The van der Waals surface area contributed by atoms with Crippen LogP contribution in [0, 0.1) is 0 Å². The molecule has 2 atom stereocenters. The highest BCUT2D eigenvalue weighted by atomic mass is 32.2. The Hall–Kier alpha value is -2.11. The molecule has 0 fully saturated rings. The van der Waals surface area contributed by atoms with E-state index in [0.29, 0.717) is 12.2 Å². The maximum Gasteiger partial charge on any atom is 0.237 e. The molecule has 5 heteroatoms. The van der Waals surface area contributed by atoms with Crippen LogP contribution in [0.25, 0.3) is 0 Å². The number of hydrogen-bond donors (Lipinski definition) is 2. The van der Waals surface area contributed by atoms with Gasteiger partial charge >= 0.3 is 0 Å². The zero-order valence-corrected chi connectivity index (χ0v) is 14.2. The van der Waals surface area contributed by atoms with Crippen LogP contribution < -0.4 is 11.1 Å². The topological polar surface area (TPSA) is 72.2 Å². The first-order chi connectivity index (χ1) is 11.7. The van der Waals surface area contributed by atoms with E-state index >= 15 is 0 Å². The van der Waals surface area contributed by atoms with Crippen LogP contribution in [0.4, 0.5) is 0 Å². The fourth-order valence-electron chi connectivity index (χ4n) is 2.24. The number of nitrogens with two attached hydrogens (primary N) is 1. The lowest BCUT2D eigenvalue weighted by Crippen LogP contribution is -2.47. The van der Waals surface area contributed by atoms with Crippen molar-refractivity contribution in [3.05, 3.63) is 71.8 Å². The van der Waals surface area contributed by atoms with Crippen molar-refractivity contribution in [3.63, 3.8) is 0 Å². The van der Waals surface area contributed by atoms with Crippen LogP contribution >= 0.6 is 11.8 Å². The fraction of sp³-hybridized carbons (Fsp3) is 0.263. The quantitative estimate of drug-likeness (QED) is 0.685. The number of benzene rings is 2. The Labute approximate surface area is 146 Å². The highest BCUT2D eigenvalue weighted by Gasteiger charge is 2.18. The highest BCUT2D eigenvalue weighted by Crippen LogP contribution is 2.12. The SMILES string of the molecule is NC(Cc1ccccc1)C(=O)NC(C=O)CSCc1ccccc1. The Kier molecular flexibility index (Phi) is 7.52. The molecule has 0 heterocycles. The van der Waals surface area contributed by atoms with Gasteiger partial charge in [-0.05, 0) is 17.5 Å². The van der Waals surface area contributed by atoms with Crippen LogP contribution in [-0.4, -0.2) is 30.0 Å². The number of aldehydes is 1. The third kappa shape index (κ3) is 6.18. The van der Waals surface area contributed by atoms with Crippen LogP contribution in [0.1, 0.15) is 11.1 Å². The van der Waals surface area contributed by atoms with Crippen LogP contribution in [0.5, 0.6) is 0 Å². The standard InChI is InChI=1S/C19H22N2O2S/c20-18(11-15-7-3-1-4-8-15)19(23)21-17(12-22)14-24-13-16-9-5-2-6-10-16/h1-10,12,17-18H,11,13-14,20H2,(H,21,23). The largest absolute Gasteiger partial charge is 0.344 e.